The average molecular weight is 667 g/mol. The molecule has 0 aliphatic carbocycles. The van der Waals surface area contributed by atoms with E-state index in [1.165, 1.54) is 23.1 Å². The number of halogens is 4. The molecule has 0 fully saturated rings. The van der Waals surface area contributed by atoms with Crippen LogP contribution in [0.5, 0.6) is 0 Å². The maximum Gasteiger partial charge on any atom is 0.416 e. The molecule has 2 unspecified atom stereocenters. The number of carbonyl (C=O) groups excluding carboxylic acids is 2. The molecule has 0 bridgehead atoms. The quantitative estimate of drug-likeness (QED) is 0.154. The Kier molecular flexibility index (Phi) is 9.22. The van der Waals surface area contributed by atoms with E-state index >= 15 is 0 Å². The van der Waals surface area contributed by atoms with Gasteiger partial charge in [0.25, 0.3) is 11.8 Å². The number of para-hydroxylation sites is 1. The van der Waals surface area contributed by atoms with Crippen molar-refractivity contribution in [2.75, 3.05) is 11.4 Å². The molecule has 5 rings (SSSR count). The second kappa shape index (κ2) is 12.7. The third-order valence-corrected chi connectivity index (χ3v) is 13.5. The molecule has 7 nitrogen and oxygen atoms in total. The molecule has 1 aliphatic heterocycles. The van der Waals surface area contributed by atoms with Crippen LogP contribution in [0.3, 0.4) is 0 Å². The number of carbonyl (C=O) groups is 2. The van der Waals surface area contributed by atoms with Crippen LogP contribution in [-0.4, -0.2) is 42.5 Å². The van der Waals surface area contributed by atoms with E-state index in [2.05, 4.69) is 39.2 Å². The van der Waals surface area contributed by atoms with Gasteiger partial charge in [-0.1, -0.05) is 57.2 Å². The average Bonchev–Trinajstić information content (AvgIpc) is 3.39. The van der Waals surface area contributed by atoms with Gasteiger partial charge in [0.15, 0.2) is 8.32 Å². The number of nitrogens with zero attached hydrogens (tertiary/aromatic N) is 3. The van der Waals surface area contributed by atoms with E-state index < -0.39 is 49.6 Å². The molecule has 3 aromatic carbocycles. The lowest BCUT2D eigenvalue weighted by atomic mass is 9.81. The van der Waals surface area contributed by atoms with Gasteiger partial charge in [0.1, 0.15) is 17.7 Å². The van der Waals surface area contributed by atoms with Crippen LogP contribution in [0.25, 0.3) is 5.69 Å². The number of fused-ring (bicyclic) bond motifs is 1. The number of nitrogens with one attached hydrogen (secondary N) is 1. The van der Waals surface area contributed by atoms with Crippen molar-refractivity contribution in [3.63, 3.8) is 0 Å². The van der Waals surface area contributed by atoms with E-state index in [1.807, 2.05) is 30.3 Å². The van der Waals surface area contributed by atoms with Gasteiger partial charge in [0.2, 0.25) is 0 Å². The Balaban J connectivity index is 1.70. The van der Waals surface area contributed by atoms with Gasteiger partial charge in [-0.15, -0.1) is 0 Å². The Morgan fingerprint density at radius 1 is 0.979 bits per heavy atom. The minimum absolute atomic E-state index is 0.108. The fraction of sp³-hybridized carbons (Fsp3) is 0.343. The standard InChI is InChI=1S/C35H38F4N4O3Si/c1-7-42-32-29(27(21-46-47(5,6)34(2,3)4)41-43(32)26-14-9-8-10-15-26)28(22-16-18-25(36)19-17-22)30(33(42)45)40-31(44)23-12-11-13-24(20-23)35(37,38)39/h8-20,28,30H,7,21H2,1-6H3,(H,40,44). The molecule has 4 aromatic rings. The normalized spacial score (nSPS) is 17.1. The van der Waals surface area contributed by atoms with E-state index in [4.69, 9.17) is 9.52 Å². The largest absolute Gasteiger partial charge is 0.416 e. The molecule has 0 saturated carbocycles. The highest BCUT2D eigenvalue weighted by atomic mass is 28.4. The van der Waals surface area contributed by atoms with Crippen molar-refractivity contribution in [2.24, 2.45) is 0 Å². The molecule has 2 amide bonds. The van der Waals surface area contributed by atoms with Gasteiger partial charge < -0.3 is 9.74 Å². The van der Waals surface area contributed by atoms with Crippen LogP contribution >= 0.6 is 0 Å². The monoisotopic (exact) mass is 666 g/mol. The van der Waals surface area contributed by atoms with Crippen molar-refractivity contribution in [1.29, 1.82) is 0 Å². The van der Waals surface area contributed by atoms with Gasteiger partial charge in [0.05, 0.1) is 23.6 Å². The second-order valence-corrected chi connectivity index (χ2v) is 17.9. The molecule has 2 heterocycles. The van der Waals surface area contributed by atoms with Crippen LogP contribution in [-0.2, 0) is 22.0 Å². The summed E-state index contributed by atoms with van der Waals surface area (Å²) in [4.78, 5) is 29.5. The molecule has 1 N–H and O–H groups in total. The second-order valence-electron chi connectivity index (χ2n) is 13.1. The smallest absolute Gasteiger partial charge is 0.411 e. The number of benzene rings is 3. The summed E-state index contributed by atoms with van der Waals surface area (Å²) in [6.07, 6.45) is -4.66. The molecule has 12 heteroatoms. The van der Waals surface area contributed by atoms with E-state index in [9.17, 15) is 27.2 Å². The first-order chi connectivity index (χ1) is 22.0. The summed E-state index contributed by atoms with van der Waals surface area (Å²) >= 11 is 0. The van der Waals surface area contributed by atoms with Gasteiger partial charge in [-0.05, 0) is 73.1 Å². The van der Waals surface area contributed by atoms with Crippen molar-refractivity contribution in [3.05, 3.63) is 113 Å². The van der Waals surface area contributed by atoms with Gasteiger partial charge >= 0.3 is 6.18 Å². The topological polar surface area (TPSA) is 76.5 Å². The molecule has 0 spiro atoms. The molecule has 1 aliphatic rings. The number of amides is 2. The zero-order valence-electron chi connectivity index (χ0n) is 27.2. The highest BCUT2D eigenvalue weighted by Crippen LogP contribution is 2.45. The van der Waals surface area contributed by atoms with Crippen molar-refractivity contribution in [1.82, 2.24) is 15.1 Å². The van der Waals surface area contributed by atoms with Crippen molar-refractivity contribution in [2.45, 2.75) is 70.6 Å². The van der Waals surface area contributed by atoms with Crippen LogP contribution in [0, 0.1) is 5.82 Å². The van der Waals surface area contributed by atoms with Gasteiger partial charge in [-0.25, -0.2) is 9.07 Å². The zero-order valence-corrected chi connectivity index (χ0v) is 28.2. The Morgan fingerprint density at radius 3 is 2.23 bits per heavy atom. The van der Waals surface area contributed by atoms with Gasteiger partial charge in [-0.2, -0.15) is 18.3 Å². The van der Waals surface area contributed by atoms with Crippen molar-refractivity contribution < 1.29 is 31.6 Å². The zero-order chi connectivity index (χ0) is 34.3. The van der Waals surface area contributed by atoms with Gasteiger partial charge in [0, 0.05) is 23.6 Å². The first-order valence-electron chi connectivity index (χ1n) is 15.4. The first-order valence-corrected chi connectivity index (χ1v) is 18.3. The lowest BCUT2D eigenvalue weighted by molar-refractivity contribution is -0.137. The van der Waals surface area contributed by atoms with Crippen molar-refractivity contribution in [3.8, 4) is 5.69 Å². The SMILES string of the molecule is CCN1C(=O)C(NC(=O)c2cccc(C(F)(F)F)c2)C(c2ccc(F)cc2)c2c(CO[Si](C)(C)C(C)(C)C)nn(-c3ccccc3)c21. The number of likely N-dealkylation sites (N-methyl/N-ethyl adjacent to an activating group) is 1. The summed E-state index contributed by atoms with van der Waals surface area (Å²) in [5.74, 6) is -2.21. The van der Waals surface area contributed by atoms with Crippen LogP contribution < -0.4 is 10.2 Å². The maximum atomic E-state index is 14.4. The Hall–Kier alpha value is -4.29. The van der Waals surface area contributed by atoms with E-state index in [-0.39, 0.29) is 23.8 Å². The number of aromatic nitrogens is 2. The van der Waals surface area contributed by atoms with Crippen LogP contribution in [0.2, 0.25) is 18.1 Å². The molecule has 1 aromatic heterocycles. The number of hydrogen-bond donors (Lipinski definition) is 1. The Morgan fingerprint density at radius 2 is 1.64 bits per heavy atom. The lowest BCUT2D eigenvalue weighted by Gasteiger charge is -2.39. The summed E-state index contributed by atoms with van der Waals surface area (Å²) in [6, 6.07) is 17.7. The predicted molar refractivity (Wildman–Crippen MR) is 175 cm³/mol. The van der Waals surface area contributed by atoms with Crippen LogP contribution in [0.1, 0.15) is 66.4 Å². The number of anilines is 1. The number of rotatable bonds is 8. The highest BCUT2D eigenvalue weighted by Gasteiger charge is 2.47. The molecular weight excluding hydrogens is 628 g/mol. The Bertz CT molecular complexity index is 1770. The van der Waals surface area contributed by atoms with E-state index in [0.717, 1.165) is 18.2 Å². The summed E-state index contributed by atoms with van der Waals surface area (Å²) in [7, 11) is -2.30. The molecular formula is C35H38F4N4O3Si. The Labute approximate surface area is 272 Å². The van der Waals surface area contributed by atoms with E-state index in [0.29, 0.717) is 28.3 Å². The number of hydrogen-bond acceptors (Lipinski definition) is 4. The van der Waals surface area contributed by atoms with Crippen molar-refractivity contribution >= 4 is 25.9 Å². The highest BCUT2D eigenvalue weighted by molar-refractivity contribution is 6.74. The van der Waals surface area contributed by atoms with E-state index in [1.54, 1.807) is 23.7 Å². The summed E-state index contributed by atoms with van der Waals surface area (Å²) in [5.41, 5.74) is 1.12. The minimum Gasteiger partial charge on any atom is -0.411 e. The summed E-state index contributed by atoms with van der Waals surface area (Å²) in [5, 5.41) is 7.62. The lowest BCUT2D eigenvalue weighted by Crippen LogP contribution is -2.55. The third kappa shape index (κ3) is 6.75. The fourth-order valence-corrected chi connectivity index (χ4v) is 6.42. The minimum atomic E-state index is -4.66. The molecule has 0 radical (unpaired) electrons. The third-order valence-electron chi connectivity index (χ3n) is 9.07. The fourth-order valence-electron chi connectivity index (χ4n) is 5.49. The maximum absolute atomic E-state index is 14.4. The number of alkyl halides is 3. The predicted octanol–water partition coefficient (Wildman–Crippen LogP) is 7.85. The van der Waals surface area contributed by atoms with Crippen LogP contribution in [0.4, 0.5) is 23.4 Å². The van der Waals surface area contributed by atoms with Gasteiger partial charge in [-0.3, -0.25) is 14.5 Å². The summed E-state index contributed by atoms with van der Waals surface area (Å²) in [6.45, 7) is 12.7. The molecule has 47 heavy (non-hydrogen) atoms. The first kappa shape index (κ1) is 34.1. The summed E-state index contributed by atoms with van der Waals surface area (Å²) < 4.78 is 63.0. The van der Waals surface area contributed by atoms with Crippen LogP contribution in [0.15, 0.2) is 78.9 Å². The molecule has 0 saturated heterocycles. The molecule has 2 atom stereocenters. The molecule has 248 valence electrons.